The Morgan fingerprint density at radius 1 is 1.14 bits per heavy atom. The molecular formula is C28H35N3O4. The summed E-state index contributed by atoms with van der Waals surface area (Å²) in [7, 11) is 1.62. The molecule has 2 unspecified atom stereocenters. The van der Waals surface area contributed by atoms with Gasteiger partial charge in [-0.15, -0.1) is 0 Å². The maximum atomic E-state index is 12.6. The number of ether oxygens (including phenoxy) is 2. The van der Waals surface area contributed by atoms with E-state index in [1.807, 2.05) is 30.3 Å². The minimum Gasteiger partial charge on any atom is -0.507 e. The molecule has 4 rings (SSSR count). The van der Waals surface area contributed by atoms with Gasteiger partial charge in [-0.3, -0.25) is 9.69 Å². The van der Waals surface area contributed by atoms with Crippen molar-refractivity contribution in [2.45, 2.75) is 45.2 Å². The first kappa shape index (κ1) is 24.7. The first-order chi connectivity index (χ1) is 17.0. The smallest absolute Gasteiger partial charge is 0.239 e. The zero-order chi connectivity index (χ0) is 24.8. The van der Waals surface area contributed by atoms with E-state index in [2.05, 4.69) is 24.1 Å². The summed E-state index contributed by atoms with van der Waals surface area (Å²) in [5, 5.41) is 13.7. The van der Waals surface area contributed by atoms with Crippen LogP contribution in [0.5, 0.6) is 11.5 Å². The zero-order valence-electron chi connectivity index (χ0n) is 20.7. The molecule has 0 aromatic heterocycles. The van der Waals surface area contributed by atoms with Crippen molar-refractivity contribution in [3.63, 3.8) is 0 Å². The van der Waals surface area contributed by atoms with E-state index >= 15 is 0 Å². The fraction of sp³-hybridized carbons (Fsp3) is 0.393. The Bertz CT molecular complexity index is 1070. The number of carbonyl (C=O) groups is 1. The minimum absolute atomic E-state index is 0.0456. The number of hydrogen-bond acceptors (Lipinski definition) is 6. The van der Waals surface area contributed by atoms with Gasteiger partial charge < -0.3 is 24.8 Å². The summed E-state index contributed by atoms with van der Waals surface area (Å²) in [6, 6.07) is 13.9. The van der Waals surface area contributed by atoms with Gasteiger partial charge in [-0.1, -0.05) is 30.7 Å². The number of aromatic hydroxyl groups is 1. The van der Waals surface area contributed by atoms with Gasteiger partial charge in [0.1, 0.15) is 24.3 Å². The molecule has 0 spiro atoms. The van der Waals surface area contributed by atoms with E-state index < -0.39 is 0 Å². The Morgan fingerprint density at radius 2 is 1.89 bits per heavy atom. The summed E-state index contributed by atoms with van der Waals surface area (Å²) < 4.78 is 11.0. The molecule has 186 valence electrons. The Balaban J connectivity index is 1.42. The van der Waals surface area contributed by atoms with Gasteiger partial charge in [-0.05, 0) is 50.5 Å². The van der Waals surface area contributed by atoms with Crippen LogP contribution in [0, 0.1) is 0 Å². The molecule has 2 aliphatic rings. The fourth-order valence-corrected chi connectivity index (χ4v) is 4.91. The number of nitrogens with zero attached hydrogens (tertiary/aromatic N) is 2. The van der Waals surface area contributed by atoms with Gasteiger partial charge in [0, 0.05) is 48.7 Å². The lowest BCUT2D eigenvalue weighted by Crippen LogP contribution is -2.47. The quantitative estimate of drug-likeness (QED) is 0.581. The van der Waals surface area contributed by atoms with E-state index in [0.29, 0.717) is 30.0 Å². The van der Waals surface area contributed by atoms with E-state index in [-0.39, 0.29) is 18.2 Å². The third-order valence-electron chi connectivity index (χ3n) is 6.81. The van der Waals surface area contributed by atoms with Crippen LogP contribution in [0.25, 0.3) is 16.9 Å². The van der Waals surface area contributed by atoms with E-state index in [4.69, 9.17) is 9.47 Å². The van der Waals surface area contributed by atoms with E-state index in [0.717, 1.165) is 23.4 Å². The van der Waals surface area contributed by atoms with Crippen molar-refractivity contribution in [1.82, 2.24) is 15.1 Å². The third kappa shape index (κ3) is 5.98. The van der Waals surface area contributed by atoms with Crippen LogP contribution in [0.3, 0.4) is 0 Å². The minimum atomic E-state index is -0.0456. The second-order valence-corrected chi connectivity index (χ2v) is 9.21. The fourth-order valence-electron chi connectivity index (χ4n) is 4.91. The molecular weight excluding hydrogens is 442 g/mol. The Labute approximate surface area is 207 Å². The lowest BCUT2D eigenvalue weighted by molar-refractivity contribution is -0.121. The maximum Gasteiger partial charge on any atom is 0.239 e. The zero-order valence-corrected chi connectivity index (χ0v) is 20.7. The third-order valence-corrected chi connectivity index (χ3v) is 6.81. The molecule has 0 saturated carbocycles. The highest BCUT2D eigenvalue weighted by molar-refractivity contribution is 5.84. The highest BCUT2D eigenvalue weighted by atomic mass is 16.5. The number of piperidine rings is 1. The van der Waals surface area contributed by atoms with Crippen LogP contribution < -0.4 is 10.1 Å². The highest BCUT2D eigenvalue weighted by Gasteiger charge is 2.24. The first-order valence-corrected chi connectivity index (χ1v) is 12.3. The van der Waals surface area contributed by atoms with Gasteiger partial charge in [0.2, 0.25) is 5.91 Å². The summed E-state index contributed by atoms with van der Waals surface area (Å²) in [5.41, 5.74) is 2.23. The number of hydrogen-bond donors (Lipinski definition) is 2. The molecule has 2 heterocycles. The van der Waals surface area contributed by atoms with Gasteiger partial charge in [0.05, 0.1) is 7.11 Å². The van der Waals surface area contributed by atoms with E-state index in [1.54, 1.807) is 42.8 Å². The van der Waals surface area contributed by atoms with E-state index in [1.165, 1.54) is 19.3 Å². The second kappa shape index (κ2) is 11.3. The SMILES string of the molecule is COc1ccc(-c2c(O)cccc2C2=CN(CC(=O)NCCN3C(C)CCCC3C)C=CO2)cc1. The molecule has 2 N–H and O–H groups in total. The van der Waals surface area contributed by atoms with E-state index in [9.17, 15) is 9.90 Å². The van der Waals surface area contributed by atoms with Crippen molar-refractivity contribution in [3.8, 4) is 22.6 Å². The molecule has 1 saturated heterocycles. The molecule has 1 fully saturated rings. The second-order valence-electron chi connectivity index (χ2n) is 9.21. The molecule has 35 heavy (non-hydrogen) atoms. The number of methoxy groups -OCH3 is 1. The number of rotatable bonds is 8. The van der Waals surface area contributed by atoms with Crippen LogP contribution in [0.15, 0.2) is 61.1 Å². The largest absolute Gasteiger partial charge is 0.507 e. The number of nitrogens with one attached hydrogen (secondary N) is 1. The Kier molecular flexibility index (Phi) is 7.98. The topological polar surface area (TPSA) is 74.3 Å². The lowest BCUT2D eigenvalue weighted by atomic mass is 9.97. The van der Waals surface area contributed by atoms with Crippen molar-refractivity contribution >= 4 is 11.7 Å². The van der Waals surface area contributed by atoms with Crippen LogP contribution in [0.2, 0.25) is 0 Å². The van der Waals surface area contributed by atoms with Crippen molar-refractivity contribution in [1.29, 1.82) is 0 Å². The van der Waals surface area contributed by atoms with Crippen LogP contribution in [0.4, 0.5) is 0 Å². The van der Waals surface area contributed by atoms with Crippen molar-refractivity contribution in [3.05, 3.63) is 66.7 Å². The van der Waals surface area contributed by atoms with Crippen LogP contribution in [0.1, 0.15) is 38.7 Å². The molecule has 2 aliphatic heterocycles. The first-order valence-electron chi connectivity index (χ1n) is 12.3. The number of phenolic OH excluding ortho intramolecular Hbond substituents is 1. The molecule has 2 aromatic carbocycles. The van der Waals surface area contributed by atoms with Gasteiger partial charge in [-0.2, -0.15) is 0 Å². The summed E-state index contributed by atoms with van der Waals surface area (Å²) in [4.78, 5) is 16.9. The monoisotopic (exact) mass is 477 g/mol. The lowest BCUT2D eigenvalue weighted by Gasteiger charge is -2.39. The number of benzene rings is 2. The molecule has 2 atom stereocenters. The van der Waals surface area contributed by atoms with Gasteiger partial charge in [0.15, 0.2) is 5.76 Å². The van der Waals surface area contributed by atoms with Crippen molar-refractivity contribution in [2.24, 2.45) is 0 Å². The number of carbonyl (C=O) groups excluding carboxylic acids is 1. The molecule has 0 bridgehead atoms. The predicted molar refractivity (Wildman–Crippen MR) is 137 cm³/mol. The molecule has 2 aromatic rings. The number of phenols is 1. The number of amides is 1. The average Bonchev–Trinajstić information content (AvgIpc) is 2.86. The maximum absolute atomic E-state index is 12.6. The predicted octanol–water partition coefficient (Wildman–Crippen LogP) is 4.55. The molecule has 7 nitrogen and oxygen atoms in total. The van der Waals surface area contributed by atoms with Gasteiger partial charge in [0.25, 0.3) is 0 Å². The van der Waals surface area contributed by atoms with Crippen molar-refractivity contribution < 1.29 is 19.4 Å². The van der Waals surface area contributed by atoms with Gasteiger partial charge >= 0.3 is 0 Å². The molecule has 1 amide bonds. The summed E-state index contributed by atoms with van der Waals surface area (Å²) in [6.45, 7) is 6.22. The highest BCUT2D eigenvalue weighted by Crippen LogP contribution is 2.38. The molecule has 7 heteroatoms. The van der Waals surface area contributed by atoms with Crippen LogP contribution in [-0.4, -0.2) is 59.6 Å². The van der Waals surface area contributed by atoms with Crippen LogP contribution >= 0.6 is 0 Å². The number of likely N-dealkylation sites (tertiary alicyclic amines) is 1. The Hall–Kier alpha value is -3.45. The Morgan fingerprint density at radius 3 is 2.60 bits per heavy atom. The molecule has 0 radical (unpaired) electrons. The standard InChI is InChI=1S/C28H35N3O4/c1-20-6-4-7-21(2)31(20)15-14-29-27(33)19-30-16-17-35-26(18-30)24-8-5-9-25(32)28(24)22-10-12-23(34-3)13-11-22/h5,8-13,16-18,20-21,32H,4,6-7,14-15,19H2,1-3H3,(H,29,33). The van der Waals surface area contributed by atoms with Crippen LogP contribution in [-0.2, 0) is 9.53 Å². The summed E-state index contributed by atoms with van der Waals surface area (Å²) >= 11 is 0. The van der Waals surface area contributed by atoms with Gasteiger partial charge in [-0.25, -0.2) is 0 Å². The summed E-state index contributed by atoms with van der Waals surface area (Å²) in [5.74, 6) is 1.40. The van der Waals surface area contributed by atoms with Crippen molar-refractivity contribution in [2.75, 3.05) is 26.7 Å². The normalized spacial score (nSPS) is 20.2. The molecule has 0 aliphatic carbocycles. The average molecular weight is 478 g/mol. The summed E-state index contributed by atoms with van der Waals surface area (Å²) in [6.07, 6.45) is 8.80.